The van der Waals surface area contributed by atoms with Crippen LogP contribution in [-0.4, -0.2) is 25.5 Å². The first-order chi connectivity index (χ1) is 12.4. The van der Waals surface area contributed by atoms with E-state index in [-0.39, 0.29) is 24.5 Å². The number of hydrogen-bond acceptors (Lipinski definition) is 6. The smallest absolute Gasteiger partial charge is 0.332 e. The SMILES string of the molecule is CC(C)n1c(Oc2ccc3c(c2)OCO3)nc2c1c(=O)n(C)c(=O)n2C. The van der Waals surface area contributed by atoms with E-state index >= 15 is 0 Å². The van der Waals surface area contributed by atoms with Crippen molar-refractivity contribution < 1.29 is 14.2 Å². The van der Waals surface area contributed by atoms with Crippen molar-refractivity contribution in [2.45, 2.75) is 19.9 Å². The quantitative estimate of drug-likeness (QED) is 0.705. The summed E-state index contributed by atoms with van der Waals surface area (Å²) < 4.78 is 20.6. The third-order valence-electron chi connectivity index (χ3n) is 4.33. The summed E-state index contributed by atoms with van der Waals surface area (Å²) in [7, 11) is 3.02. The van der Waals surface area contributed by atoms with E-state index in [2.05, 4.69) is 4.98 Å². The zero-order valence-electron chi connectivity index (χ0n) is 14.8. The molecule has 0 saturated heterocycles. The second kappa shape index (κ2) is 5.65. The van der Waals surface area contributed by atoms with Gasteiger partial charge in [-0.2, -0.15) is 4.98 Å². The summed E-state index contributed by atoms with van der Waals surface area (Å²) in [5.74, 6) is 1.72. The van der Waals surface area contributed by atoms with Crippen LogP contribution in [0.5, 0.6) is 23.3 Å². The van der Waals surface area contributed by atoms with Crippen molar-refractivity contribution in [3.63, 3.8) is 0 Å². The van der Waals surface area contributed by atoms with Gasteiger partial charge in [-0.3, -0.25) is 18.5 Å². The molecule has 0 spiro atoms. The van der Waals surface area contributed by atoms with Crippen molar-refractivity contribution in [3.8, 4) is 23.3 Å². The molecule has 0 atom stereocenters. The molecule has 0 unspecified atom stereocenters. The number of nitrogens with zero attached hydrogens (tertiary/aromatic N) is 4. The molecule has 9 nitrogen and oxygen atoms in total. The van der Waals surface area contributed by atoms with E-state index in [1.807, 2.05) is 13.8 Å². The first kappa shape index (κ1) is 16.2. The molecule has 3 heterocycles. The van der Waals surface area contributed by atoms with Gasteiger partial charge in [0.2, 0.25) is 6.79 Å². The first-order valence-corrected chi connectivity index (χ1v) is 8.14. The van der Waals surface area contributed by atoms with Crippen LogP contribution in [0.1, 0.15) is 19.9 Å². The molecule has 0 amide bonds. The van der Waals surface area contributed by atoms with Gasteiger partial charge < -0.3 is 14.2 Å². The van der Waals surface area contributed by atoms with E-state index in [0.29, 0.717) is 22.8 Å². The first-order valence-electron chi connectivity index (χ1n) is 8.14. The number of aryl methyl sites for hydroxylation is 1. The maximum atomic E-state index is 12.6. The zero-order chi connectivity index (χ0) is 18.6. The third-order valence-corrected chi connectivity index (χ3v) is 4.33. The van der Waals surface area contributed by atoms with Gasteiger partial charge in [0, 0.05) is 26.2 Å². The van der Waals surface area contributed by atoms with Crippen LogP contribution in [0, 0.1) is 0 Å². The molecule has 1 aliphatic rings. The molecule has 3 aromatic rings. The van der Waals surface area contributed by atoms with Crippen LogP contribution in [0.4, 0.5) is 0 Å². The molecule has 26 heavy (non-hydrogen) atoms. The molecule has 9 heteroatoms. The number of fused-ring (bicyclic) bond motifs is 2. The van der Waals surface area contributed by atoms with Crippen molar-refractivity contribution >= 4 is 11.2 Å². The van der Waals surface area contributed by atoms with E-state index in [0.717, 1.165) is 4.57 Å². The van der Waals surface area contributed by atoms with E-state index in [1.165, 1.54) is 11.6 Å². The Morgan fingerprint density at radius 2 is 1.85 bits per heavy atom. The monoisotopic (exact) mass is 358 g/mol. The molecular weight excluding hydrogens is 340 g/mol. The van der Waals surface area contributed by atoms with Gasteiger partial charge in [0.15, 0.2) is 22.7 Å². The highest BCUT2D eigenvalue weighted by molar-refractivity contribution is 5.72. The molecule has 0 saturated carbocycles. The lowest BCUT2D eigenvalue weighted by molar-refractivity contribution is 0.174. The lowest BCUT2D eigenvalue weighted by Gasteiger charge is -2.13. The van der Waals surface area contributed by atoms with Crippen LogP contribution in [0.15, 0.2) is 27.8 Å². The molecule has 1 aliphatic heterocycles. The van der Waals surface area contributed by atoms with E-state index < -0.39 is 11.2 Å². The summed E-state index contributed by atoms with van der Waals surface area (Å²) in [4.78, 5) is 29.2. The Morgan fingerprint density at radius 3 is 2.58 bits per heavy atom. The van der Waals surface area contributed by atoms with Gasteiger partial charge in [0.1, 0.15) is 5.75 Å². The van der Waals surface area contributed by atoms with Crippen molar-refractivity contribution in [1.29, 1.82) is 0 Å². The van der Waals surface area contributed by atoms with E-state index in [1.54, 1.807) is 29.8 Å². The minimum atomic E-state index is -0.439. The average Bonchev–Trinajstić information content (AvgIpc) is 3.22. The van der Waals surface area contributed by atoms with Crippen molar-refractivity contribution in [2.75, 3.05) is 6.79 Å². The number of benzene rings is 1. The van der Waals surface area contributed by atoms with E-state index in [4.69, 9.17) is 14.2 Å². The van der Waals surface area contributed by atoms with Gasteiger partial charge in [-0.25, -0.2) is 4.79 Å². The topological polar surface area (TPSA) is 89.5 Å². The fourth-order valence-corrected chi connectivity index (χ4v) is 2.99. The van der Waals surface area contributed by atoms with Crippen molar-refractivity contribution in [3.05, 3.63) is 39.0 Å². The standard InChI is InChI=1S/C17H18N4O5/c1-9(2)21-13-14(19(3)17(23)20(4)15(13)22)18-16(21)26-10-5-6-11-12(7-10)25-8-24-11/h5-7,9H,8H2,1-4H3. The second-order valence-electron chi connectivity index (χ2n) is 6.35. The molecule has 136 valence electrons. The van der Waals surface area contributed by atoms with Crippen LogP contribution in [0.25, 0.3) is 11.2 Å². The fraction of sp³-hybridized carbons (Fsp3) is 0.353. The lowest BCUT2D eigenvalue weighted by atomic mass is 10.3. The van der Waals surface area contributed by atoms with Crippen molar-refractivity contribution in [1.82, 2.24) is 18.7 Å². The molecule has 0 N–H and O–H groups in total. The predicted octanol–water partition coefficient (Wildman–Crippen LogP) is 1.54. The Balaban J connectivity index is 1.91. The Morgan fingerprint density at radius 1 is 1.12 bits per heavy atom. The Hall–Kier alpha value is -3.23. The Bertz CT molecular complexity index is 1140. The number of imidazole rings is 1. The molecule has 0 fully saturated rings. The number of aromatic nitrogens is 4. The largest absolute Gasteiger partial charge is 0.454 e. The summed E-state index contributed by atoms with van der Waals surface area (Å²) >= 11 is 0. The molecule has 0 bridgehead atoms. The fourth-order valence-electron chi connectivity index (χ4n) is 2.99. The van der Waals surface area contributed by atoms with Gasteiger partial charge in [-0.1, -0.05) is 0 Å². The summed E-state index contributed by atoms with van der Waals surface area (Å²) in [6.07, 6.45) is 0. The molecule has 4 rings (SSSR count). The zero-order valence-corrected chi connectivity index (χ0v) is 14.8. The minimum absolute atomic E-state index is 0.103. The second-order valence-corrected chi connectivity index (χ2v) is 6.35. The average molecular weight is 358 g/mol. The van der Waals surface area contributed by atoms with Gasteiger partial charge in [-0.15, -0.1) is 0 Å². The highest BCUT2D eigenvalue weighted by Gasteiger charge is 2.23. The van der Waals surface area contributed by atoms with Gasteiger partial charge in [0.25, 0.3) is 5.56 Å². The number of ether oxygens (including phenoxy) is 3. The van der Waals surface area contributed by atoms with Crippen LogP contribution >= 0.6 is 0 Å². The summed E-state index contributed by atoms with van der Waals surface area (Å²) in [5, 5.41) is 0. The highest BCUT2D eigenvalue weighted by Crippen LogP contribution is 2.37. The van der Waals surface area contributed by atoms with Crippen LogP contribution in [-0.2, 0) is 14.1 Å². The summed E-state index contributed by atoms with van der Waals surface area (Å²) in [5.41, 5.74) is -0.252. The highest BCUT2D eigenvalue weighted by atomic mass is 16.7. The van der Waals surface area contributed by atoms with Crippen LogP contribution in [0.3, 0.4) is 0 Å². The normalized spacial score (nSPS) is 13.0. The van der Waals surface area contributed by atoms with Gasteiger partial charge >= 0.3 is 11.7 Å². The van der Waals surface area contributed by atoms with E-state index in [9.17, 15) is 9.59 Å². The summed E-state index contributed by atoms with van der Waals surface area (Å²) in [6.45, 7) is 4.00. The maximum absolute atomic E-state index is 12.6. The lowest BCUT2D eigenvalue weighted by Crippen LogP contribution is -2.37. The number of rotatable bonds is 3. The van der Waals surface area contributed by atoms with Crippen LogP contribution in [0.2, 0.25) is 0 Å². The maximum Gasteiger partial charge on any atom is 0.332 e. The Labute approximate surface area is 148 Å². The third kappa shape index (κ3) is 2.27. The van der Waals surface area contributed by atoms with Crippen LogP contribution < -0.4 is 25.5 Å². The summed E-state index contributed by atoms with van der Waals surface area (Å²) in [6, 6.07) is 5.30. The predicted molar refractivity (Wildman–Crippen MR) is 93.2 cm³/mol. The molecule has 0 radical (unpaired) electrons. The van der Waals surface area contributed by atoms with Gasteiger partial charge in [0.05, 0.1) is 0 Å². The molecule has 2 aromatic heterocycles. The molecule has 0 aliphatic carbocycles. The minimum Gasteiger partial charge on any atom is -0.454 e. The van der Waals surface area contributed by atoms with Crippen molar-refractivity contribution in [2.24, 2.45) is 14.1 Å². The number of hydrogen-bond donors (Lipinski definition) is 0. The Kier molecular flexibility index (Phi) is 3.53. The molecular formula is C17H18N4O5. The van der Waals surface area contributed by atoms with Gasteiger partial charge in [-0.05, 0) is 26.0 Å². The molecule has 1 aromatic carbocycles.